The van der Waals surface area contributed by atoms with Crippen LogP contribution in [0, 0.1) is 0 Å². The average Bonchev–Trinajstić information content (AvgIpc) is 2.27. The fourth-order valence-electron chi connectivity index (χ4n) is 1.46. The van der Waals surface area contributed by atoms with Crippen LogP contribution >= 0.6 is 0 Å². The molecule has 4 nitrogen and oxygen atoms in total. The topological polar surface area (TPSA) is 63.6 Å². The summed E-state index contributed by atoms with van der Waals surface area (Å²) in [6, 6.07) is 6.86. The predicted molar refractivity (Wildman–Crippen MR) is 66.9 cm³/mol. The average molecular weight is 258 g/mol. The van der Waals surface area contributed by atoms with Gasteiger partial charge in [-0.25, -0.2) is 8.42 Å². The minimum absolute atomic E-state index is 0.529. The lowest BCUT2D eigenvalue weighted by Gasteiger charge is -2.18. The highest BCUT2D eigenvalue weighted by Gasteiger charge is 2.25. The van der Waals surface area contributed by atoms with Crippen molar-refractivity contribution in [1.82, 2.24) is 0 Å². The second-order valence-electron chi connectivity index (χ2n) is 3.98. The molecule has 0 aliphatic heterocycles. The second-order valence-corrected chi connectivity index (χ2v) is 6.39. The van der Waals surface area contributed by atoms with Crippen molar-refractivity contribution in [2.24, 2.45) is 0 Å². The molecular weight excluding hydrogens is 240 g/mol. The summed E-state index contributed by atoms with van der Waals surface area (Å²) in [5, 5.41) is 9.15. The van der Waals surface area contributed by atoms with Crippen LogP contribution in [0.1, 0.15) is 25.5 Å². The Kier molecular flexibility index (Phi) is 4.54. The van der Waals surface area contributed by atoms with E-state index in [9.17, 15) is 13.5 Å². The first kappa shape index (κ1) is 14.0. The van der Waals surface area contributed by atoms with Crippen molar-refractivity contribution >= 4 is 9.84 Å². The molecule has 2 atom stereocenters. The molecule has 0 bridgehead atoms. The van der Waals surface area contributed by atoms with Crippen LogP contribution < -0.4 is 4.74 Å². The van der Waals surface area contributed by atoms with Gasteiger partial charge in [-0.1, -0.05) is 12.1 Å². The number of aliphatic hydroxyl groups excluding tert-OH is 1. The third-order valence-corrected chi connectivity index (χ3v) is 4.24. The van der Waals surface area contributed by atoms with E-state index in [1.807, 2.05) is 6.92 Å². The van der Waals surface area contributed by atoms with E-state index in [-0.39, 0.29) is 0 Å². The van der Waals surface area contributed by atoms with Gasteiger partial charge in [0.1, 0.15) is 5.75 Å². The van der Waals surface area contributed by atoms with Crippen molar-refractivity contribution in [2.45, 2.75) is 25.2 Å². The van der Waals surface area contributed by atoms with Gasteiger partial charge < -0.3 is 9.84 Å². The lowest BCUT2D eigenvalue weighted by atomic mass is 10.1. The SMILES string of the molecule is CCOc1cccc(C(O)C(C)S(C)(=O)=O)c1. The van der Waals surface area contributed by atoms with Crippen molar-refractivity contribution in [3.05, 3.63) is 29.8 Å². The molecule has 0 spiro atoms. The maximum Gasteiger partial charge on any atom is 0.152 e. The van der Waals surface area contributed by atoms with Crippen LogP contribution in [0.5, 0.6) is 5.75 Å². The molecule has 2 unspecified atom stereocenters. The van der Waals surface area contributed by atoms with Crippen molar-refractivity contribution in [2.75, 3.05) is 12.9 Å². The van der Waals surface area contributed by atoms with Crippen molar-refractivity contribution < 1.29 is 18.3 Å². The molecule has 1 rings (SSSR count). The Morgan fingerprint density at radius 2 is 2.06 bits per heavy atom. The summed E-state index contributed by atoms with van der Waals surface area (Å²) in [7, 11) is -3.27. The molecule has 1 aromatic rings. The number of aliphatic hydroxyl groups is 1. The number of rotatable bonds is 5. The number of benzene rings is 1. The highest BCUT2D eigenvalue weighted by molar-refractivity contribution is 7.91. The molecule has 96 valence electrons. The predicted octanol–water partition coefficient (Wildman–Crippen LogP) is 1.55. The molecule has 0 aliphatic carbocycles. The van der Waals surface area contributed by atoms with E-state index in [1.165, 1.54) is 6.92 Å². The van der Waals surface area contributed by atoms with Crippen LogP contribution in [0.2, 0.25) is 0 Å². The van der Waals surface area contributed by atoms with E-state index < -0.39 is 21.2 Å². The van der Waals surface area contributed by atoms with Crippen molar-refractivity contribution in [1.29, 1.82) is 0 Å². The molecule has 0 saturated carbocycles. The first-order valence-electron chi connectivity index (χ1n) is 5.46. The Labute approximate surface area is 102 Å². The molecule has 0 saturated heterocycles. The fourth-order valence-corrected chi connectivity index (χ4v) is 2.09. The van der Waals surface area contributed by atoms with Crippen LogP contribution in [-0.2, 0) is 9.84 Å². The Balaban J connectivity index is 2.96. The molecule has 0 fully saturated rings. The molecule has 0 aliphatic rings. The monoisotopic (exact) mass is 258 g/mol. The van der Waals surface area contributed by atoms with Crippen LogP contribution in [0.25, 0.3) is 0 Å². The van der Waals surface area contributed by atoms with E-state index in [1.54, 1.807) is 24.3 Å². The van der Waals surface area contributed by atoms with Gasteiger partial charge >= 0.3 is 0 Å². The van der Waals surface area contributed by atoms with E-state index >= 15 is 0 Å². The Morgan fingerprint density at radius 3 is 2.59 bits per heavy atom. The van der Waals surface area contributed by atoms with Crippen LogP contribution in [0.15, 0.2) is 24.3 Å². The van der Waals surface area contributed by atoms with Gasteiger partial charge in [-0.05, 0) is 31.5 Å². The maximum atomic E-state index is 11.4. The summed E-state index contributed by atoms with van der Waals surface area (Å²) >= 11 is 0. The highest BCUT2D eigenvalue weighted by Crippen LogP contribution is 2.24. The Morgan fingerprint density at radius 1 is 1.41 bits per heavy atom. The van der Waals surface area contributed by atoms with Gasteiger partial charge in [0.25, 0.3) is 0 Å². The molecule has 0 radical (unpaired) electrons. The van der Waals surface area contributed by atoms with E-state index in [0.29, 0.717) is 17.9 Å². The molecule has 1 aromatic carbocycles. The summed E-state index contributed by atoms with van der Waals surface area (Å²) in [6.45, 7) is 3.89. The first-order chi connectivity index (χ1) is 7.86. The summed E-state index contributed by atoms with van der Waals surface area (Å²) in [5.74, 6) is 0.629. The Bertz CT molecular complexity index is 467. The minimum Gasteiger partial charge on any atom is -0.494 e. The number of hydrogen-bond acceptors (Lipinski definition) is 4. The molecule has 5 heteroatoms. The third-order valence-electron chi connectivity index (χ3n) is 2.63. The molecule has 0 amide bonds. The van der Waals surface area contributed by atoms with Crippen molar-refractivity contribution in [3.63, 3.8) is 0 Å². The smallest absolute Gasteiger partial charge is 0.152 e. The quantitative estimate of drug-likeness (QED) is 0.870. The van der Waals surface area contributed by atoms with E-state index in [2.05, 4.69) is 0 Å². The maximum absolute atomic E-state index is 11.4. The molecular formula is C12H18O4S. The van der Waals surface area contributed by atoms with Crippen LogP contribution in [0.3, 0.4) is 0 Å². The van der Waals surface area contributed by atoms with Gasteiger partial charge in [0.05, 0.1) is 18.0 Å². The van der Waals surface area contributed by atoms with Gasteiger partial charge in [0.15, 0.2) is 9.84 Å². The largest absolute Gasteiger partial charge is 0.494 e. The van der Waals surface area contributed by atoms with Gasteiger partial charge in [0, 0.05) is 6.26 Å². The molecule has 17 heavy (non-hydrogen) atoms. The van der Waals surface area contributed by atoms with Crippen molar-refractivity contribution in [3.8, 4) is 5.75 Å². The summed E-state index contributed by atoms with van der Waals surface area (Å²) in [6.07, 6.45) is 0.0817. The zero-order valence-electron chi connectivity index (χ0n) is 10.3. The molecule has 0 heterocycles. The first-order valence-corrected chi connectivity index (χ1v) is 7.41. The second kappa shape index (κ2) is 5.51. The van der Waals surface area contributed by atoms with E-state index in [0.717, 1.165) is 6.26 Å². The van der Waals surface area contributed by atoms with Gasteiger partial charge in [0.2, 0.25) is 0 Å². The molecule has 0 aromatic heterocycles. The molecule has 1 N–H and O–H groups in total. The lowest BCUT2D eigenvalue weighted by Crippen LogP contribution is -2.24. The highest BCUT2D eigenvalue weighted by atomic mass is 32.2. The standard InChI is InChI=1S/C12H18O4S/c1-4-16-11-7-5-6-10(8-11)12(13)9(2)17(3,14)15/h5-9,12-13H,4H2,1-3H3. The summed E-state index contributed by atoms with van der Waals surface area (Å²) in [5.41, 5.74) is 0.550. The third kappa shape index (κ3) is 3.71. The zero-order chi connectivity index (χ0) is 13.1. The zero-order valence-corrected chi connectivity index (χ0v) is 11.1. The van der Waals surface area contributed by atoms with Gasteiger partial charge in [-0.3, -0.25) is 0 Å². The van der Waals surface area contributed by atoms with Gasteiger partial charge in [-0.15, -0.1) is 0 Å². The van der Waals surface area contributed by atoms with Crippen LogP contribution in [-0.4, -0.2) is 31.6 Å². The summed E-state index contributed by atoms with van der Waals surface area (Å²) < 4.78 is 28.0. The number of sulfone groups is 1. The number of hydrogen-bond donors (Lipinski definition) is 1. The number of ether oxygens (including phenoxy) is 1. The van der Waals surface area contributed by atoms with Crippen LogP contribution in [0.4, 0.5) is 0 Å². The minimum atomic E-state index is -3.27. The summed E-state index contributed by atoms with van der Waals surface area (Å²) in [4.78, 5) is 0. The van der Waals surface area contributed by atoms with Gasteiger partial charge in [-0.2, -0.15) is 0 Å². The lowest BCUT2D eigenvalue weighted by molar-refractivity contribution is 0.175. The Hall–Kier alpha value is -1.07. The van der Waals surface area contributed by atoms with E-state index in [4.69, 9.17) is 4.74 Å². The normalized spacial score (nSPS) is 15.3. The fraction of sp³-hybridized carbons (Fsp3) is 0.500.